The molecular weight excluding hydrogens is 312 g/mol. The number of fused-ring (bicyclic) bond motifs is 3. The second-order valence-corrected chi connectivity index (χ2v) is 7.34. The first kappa shape index (κ1) is 14.9. The quantitative estimate of drug-likeness (QED) is 0.640. The van der Waals surface area contributed by atoms with Gasteiger partial charge >= 0.3 is 0 Å². The first-order chi connectivity index (χ1) is 12.3. The van der Waals surface area contributed by atoms with Crippen LogP contribution in [0.2, 0.25) is 0 Å². The highest BCUT2D eigenvalue weighted by atomic mass is 16.1. The van der Waals surface area contributed by atoms with E-state index in [9.17, 15) is 4.79 Å². The molecule has 25 heavy (non-hydrogen) atoms. The summed E-state index contributed by atoms with van der Waals surface area (Å²) in [7, 11) is 0. The van der Waals surface area contributed by atoms with Gasteiger partial charge in [-0.05, 0) is 55.9 Å². The highest BCUT2D eigenvalue weighted by molar-refractivity contribution is 5.79. The normalized spacial score (nSPS) is 23.8. The molecule has 0 unspecified atom stereocenters. The third-order valence-corrected chi connectivity index (χ3v) is 5.90. The Morgan fingerprint density at radius 1 is 0.960 bits per heavy atom. The Kier molecular flexibility index (Phi) is 3.47. The van der Waals surface area contributed by atoms with Crippen molar-refractivity contribution in [2.45, 2.75) is 44.6 Å². The lowest BCUT2D eigenvalue weighted by atomic mass is 9.78. The molecule has 2 atom stereocenters. The van der Waals surface area contributed by atoms with Gasteiger partial charge in [-0.25, -0.2) is 4.98 Å². The van der Waals surface area contributed by atoms with Gasteiger partial charge in [-0.2, -0.15) is 4.52 Å². The fourth-order valence-corrected chi connectivity index (χ4v) is 4.69. The summed E-state index contributed by atoms with van der Waals surface area (Å²) in [6, 6.07) is 12.0. The Bertz CT molecular complexity index is 994. The number of rotatable bonds is 1. The van der Waals surface area contributed by atoms with Gasteiger partial charge in [0.15, 0.2) is 5.65 Å². The Hall–Kier alpha value is -2.43. The number of benzene rings is 1. The van der Waals surface area contributed by atoms with E-state index >= 15 is 0 Å². The minimum absolute atomic E-state index is 0.0837. The van der Waals surface area contributed by atoms with Crippen LogP contribution in [0.4, 0.5) is 5.82 Å². The molecule has 5 heteroatoms. The molecule has 128 valence electrons. The predicted molar refractivity (Wildman–Crippen MR) is 99.1 cm³/mol. The first-order valence-electron chi connectivity index (χ1n) is 9.37. The Labute approximate surface area is 146 Å². The maximum atomic E-state index is 12.8. The lowest BCUT2D eigenvalue weighted by molar-refractivity contribution is 0.242. The van der Waals surface area contributed by atoms with Crippen molar-refractivity contribution in [1.29, 1.82) is 0 Å². The van der Waals surface area contributed by atoms with Crippen molar-refractivity contribution in [2.24, 2.45) is 5.92 Å². The second-order valence-electron chi connectivity index (χ2n) is 7.34. The summed E-state index contributed by atoms with van der Waals surface area (Å²) < 4.78 is 1.48. The van der Waals surface area contributed by atoms with E-state index in [1.165, 1.54) is 43.0 Å². The maximum Gasteiger partial charge on any atom is 0.282 e. The summed E-state index contributed by atoms with van der Waals surface area (Å²) in [6.45, 7) is 1.04. The molecule has 0 N–H and O–H groups in total. The van der Waals surface area contributed by atoms with Crippen LogP contribution < -0.4 is 10.5 Å². The minimum atomic E-state index is -0.0837. The fraction of sp³-hybridized carbons (Fsp3) is 0.450. The summed E-state index contributed by atoms with van der Waals surface area (Å²) >= 11 is 0. The van der Waals surface area contributed by atoms with Crippen LogP contribution in [0.1, 0.15) is 38.5 Å². The lowest BCUT2D eigenvalue weighted by Gasteiger charge is -2.44. The Balaban J connectivity index is 1.63. The van der Waals surface area contributed by atoms with Gasteiger partial charge in [0, 0.05) is 12.6 Å². The lowest BCUT2D eigenvalue weighted by Crippen LogP contribution is -2.47. The molecule has 0 bridgehead atoms. The van der Waals surface area contributed by atoms with E-state index in [2.05, 4.69) is 9.88 Å². The van der Waals surface area contributed by atoms with E-state index < -0.39 is 0 Å². The third-order valence-electron chi connectivity index (χ3n) is 5.90. The van der Waals surface area contributed by atoms with Crippen LogP contribution in [0.3, 0.4) is 0 Å². The summed E-state index contributed by atoms with van der Waals surface area (Å²) in [5, 5.41) is 5.33. The Morgan fingerprint density at radius 3 is 2.76 bits per heavy atom. The molecule has 1 saturated heterocycles. The summed E-state index contributed by atoms with van der Waals surface area (Å²) in [6.07, 6.45) is 7.79. The average molecular weight is 334 g/mol. The number of aromatic nitrogens is 3. The van der Waals surface area contributed by atoms with Gasteiger partial charge in [0.05, 0.1) is 10.9 Å². The number of hydrogen-bond acceptors (Lipinski definition) is 4. The molecule has 2 aliphatic rings. The number of anilines is 1. The van der Waals surface area contributed by atoms with E-state index in [1.54, 1.807) is 0 Å². The number of hydrogen-bond donors (Lipinski definition) is 0. The molecule has 5 rings (SSSR count). The van der Waals surface area contributed by atoms with E-state index in [4.69, 9.17) is 5.10 Å². The van der Waals surface area contributed by atoms with Crippen molar-refractivity contribution in [3.63, 3.8) is 0 Å². The summed E-state index contributed by atoms with van der Waals surface area (Å²) in [5.74, 6) is 1.70. The van der Waals surface area contributed by atoms with E-state index in [0.29, 0.717) is 17.1 Å². The van der Waals surface area contributed by atoms with Crippen LogP contribution in [0.5, 0.6) is 0 Å². The number of piperidine rings is 1. The van der Waals surface area contributed by atoms with Gasteiger partial charge in [0.25, 0.3) is 5.56 Å². The smallest absolute Gasteiger partial charge is 0.282 e. The molecule has 1 aliphatic heterocycles. The highest BCUT2D eigenvalue weighted by Gasteiger charge is 2.34. The molecule has 0 radical (unpaired) electrons. The van der Waals surface area contributed by atoms with Crippen molar-refractivity contribution in [3.05, 3.63) is 46.8 Å². The highest BCUT2D eigenvalue weighted by Crippen LogP contribution is 2.37. The average Bonchev–Trinajstić information content (AvgIpc) is 2.68. The van der Waals surface area contributed by atoms with Gasteiger partial charge in [0.2, 0.25) is 0 Å². The predicted octanol–water partition coefficient (Wildman–Crippen LogP) is 3.40. The van der Waals surface area contributed by atoms with Gasteiger partial charge in [-0.15, -0.1) is 5.10 Å². The Morgan fingerprint density at radius 2 is 1.80 bits per heavy atom. The molecule has 5 nitrogen and oxygen atoms in total. The summed E-state index contributed by atoms with van der Waals surface area (Å²) in [4.78, 5) is 19.9. The van der Waals surface area contributed by atoms with Crippen molar-refractivity contribution in [3.8, 4) is 0 Å². The SMILES string of the molecule is O=c1c2ccccc2nc2ccc(N3CCC[C@H]4CCCC[C@H]43)nn12. The molecule has 0 spiro atoms. The van der Waals surface area contributed by atoms with Crippen molar-refractivity contribution in [1.82, 2.24) is 14.6 Å². The van der Waals surface area contributed by atoms with E-state index in [-0.39, 0.29) is 5.56 Å². The van der Waals surface area contributed by atoms with Gasteiger partial charge in [-0.1, -0.05) is 25.0 Å². The molecule has 0 amide bonds. The molecule has 3 aromatic rings. The van der Waals surface area contributed by atoms with Crippen LogP contribution >= 0.6 is 0 Å². The molecule has 1 aliphatic carbocycles. The molecule has 2 fully saturated rings. The molecule has 2 aromatic heterocycles. The van der Waals surface area contributed by atoms with Crippen molar-refractivity contribution < 1.29 is 0 Å². The van der Waals surface area contributed by atoms with Gasteiger partial charge in [0.1, 0.15) is 5.82 Å². The van der Waals surface area contributed by atoms with Gasteiger partial charge < -0.3 is 4.90 Å². The minimum Gasteiger partial charge on any atom is -0.352 e. The zero-order valence-electron chi connectivity index (χ0n) is 14.3. The number of para-hydroxylation sites is 1. The zero-order chi connectivity index (χ0) is 16.8. The molecule has 1 aromatic carbocycles. The zero-order valence-corrected chi connectivity index (χ0v) is 14.3. The van der Waals surface area contributed by atoms with Crippen LogP contribution in [0.15, 0.2) is 41.2 Å². The second kappa shape index (κ2) is 5.83. The first-order valence-corrected chi connectivity index (χ1v) is 9.37. The van der Waals surface area contributed by atoms with Crippen molar-refractivity contribution in [2.75, 3.05) is 11.4 Å². The topological polar surface area (TPSA) is 50.5 Å². The van der Waals surface area contributed by atoms with Crippen molar-refractivity contribution >= 4 is 22.4 Å². The maximum absolute atomic E-state index is 12.8. The van der Waals surface area contributed by atoms with Crippen LogP contribution in [0, 0.1) is 5.92 Å². The van der Waals surface area contributed by atoms with Gasteiger partial charge in [-0.3, -0.25) is 4.79 Å². The monoisotopic (exact) mass is 334 g/mol. The standard InChI is InChI=1S/C20H22N4O/c25-20-15-8-2-3-9-16(15)21-18-11-12-19(22-24(18)20)23-13-5-7-14-6-1-4-10-17(14)23/h2-3,8-9,11-12,14,17H,1,4-7,10,13H2/t14-,17-/m1/s1. The summed E-state index contributed by atoms with van der Waals surface area (Å²) in [5.41, 5.74) is 1.26. The largest absolute Gasteiger partial charge is 0.352 e. The number of nitrogens with zero attached hydrogens (tertiary/aromatic N) is 4. The van der Waals surface area contributed by atoms with Crippen LogP contribution in [-0.4, -0.2) is 27.2 Å². The van der Waals surface area contributed by atoms with Crippen LogP contribution in [-0.2, 0) is 0 Å². The van der Waals surface area contributed by atoms with E-state index in [1.807, 2.05) is 36.4 Å². The molecule has 3 heterocycles. The van der Waals surface area contributed by atoms with E-state index in [0.717, 1.165) is 23.8 Å². The fourth-order valence-electron chi connectivity index (χ4n) is 4.69. The molecular formula is C20H22N4O. The molecule has 1 saturated carbocycles. The van der Waals surface area contributed by atoms with Crippen LogP contribution in [0.25, 0.3) is 16.6 Å². The third kappa shape index (κ3) is 2.41.